The lowest BCUT2D eigenvalue weighted by Gasteiger charge is -2.34. The normalized spacial score (nSPS) is 17.5. The first-order valence-corrected chi connectivity index (χ1v) is 13.2. The molecule has 38 heavy (non-hydrogen) atoms. The number of methoxy groups -OCH3 is 1. The lowest BCUT2D eigenvalue weighted by Crippen LogP contribution is -2.43. The molecule has 0 radical (unpaired) electrons. The van der Waals surface area contributed by atoms with E-state index in [2.05, 4.69) is 12.2 Å². The molecule has 8 heteroatoms. The van der Waals surface area contributed by atoms with Gasteiger partial charge in [0.15, 0.2) is 0 Å². The summed E-state index contributed by atoms with van der Waals surface area (Å²) in [6, 6.07) is 11.7. The Balaban J connectivity index is 1.81. The van der Waals surface area contributed by atoms with E-state index in [4.69, 9.17) is 14.2 Å². The lowest BCUT2D eigenvalue weighted by atomic mass is 9.82. The van der Waals surface area contributed by atoms with Gasteiger partial charge in [-0.05, 0) is 109 Å². The predicted molar refractivity (Wildman–Crippen MR) is 148 cm³/mol. The second-order valence-corrected chi connectivity index (χ2v) is 11.2. The summed E-state index contributed by atoms with van der Waals surface area (Å²) in [6.07, 6.45) is 3.24. The first-order chi connectivity index (χ1) is 17.9. The largest absolute Gasteiger partial charge is 0.465 e. The summed E-state index contributed by atoms with van der Waals surface area (Å²) in [5.41, 5.74) is 0.737. The van der Waals surface area contributed by atoms with Crippen molar-refractivity contribution in [2.24, 2.45) is 11.8 Å². The maximum absolute atomic E-state index is 13.6. The van der Waals surface area contributed by atoms with Gasteiger partial charge in [-0.1, -0.05) is 6.92 Å². The minimum absolute atomic E-state index is 0.0406. The Hall–Kier alpha value is -3.55. The standard InChI is InChI=1S/C30H40N2O6/c1-19(2)32(27(33)21-10-8-20(3)9-11-21)26-17-16-24(18-25(26)28(34)36-7)37-23-14-12-22(13-15-23)31-29(35)38-30(4,5)6/h12-21H,8-11H2,1-7H3,(H,31,35). The van der Waals surface area contributed by atoms with Crippen molar-refractivity contribution < 1.29 is 28.6 Å². The molecule has 1 saturated carbocycles. The van der Waals surface area contributed by atoms with Gasteiger partial charge < -0.3 is 19.1 Å². The fourth-order valence-electron chi connectivity index (χ4n) is 4.58. The lowest BCUT2D eigenvalue weighted by molar-refractivity contribution is -0.123. The molecular weight excluding hydrogens is 484 g/mol. The smallest absolute Gasteiger partial charge is 0.412 e. The molecule has 206 valence electrons. The van der Waals surface area contributed by atoms with Gasteiger partial charge in [0.05, 0.1) is 18.4 Å². The number of benzene rings is 2. The van der Waals surface area contributed by atoms with E-state index < -0.39 is 17.7 Å². The second-order valence-electron chi connectivity index (χ2n) is 11.2. The Morgan fingerprint density at radius 3 is 2.11 bits per heavy atom. The number of carbonyl (C=O) groups excluding carboxylic acids is 3. The van der Waals surface area contributed by atoms with Crippen molar-refractivity contribution in [3.05, 3.63) is 48.0 Å². The van der Waals surface area contributed by atoms with Crippen LogP contribution in [-0.4, -0.2) is 36.7 Å². The van der Waals surface area contributed by atoms with Crippen LogP contribution in [0, 0.1) is 11.8 Å². The molecule has 0 unspecified atom stereocenters. The summed E-state index contributed by atoms with van der Waals surface area (Å²) >= 11 is 0. The van der Waals surface area contributed by atoms with E-state index in [-0.39, 0.29) is 23.4 Å². The number of hydrogen-bond acceptors (Lipinski definition) is 6. The van der Waals surface area contributed by atoms with Crippen molar-refractivity contribution in [2.45, 2.75) is 78.9 Å². The topological polar surface area (TPSA) is 94.2 Å². The van der Waals surface area contributed by atoms with E-state index in [0.29, 0.717) is 28.8 Å². The quantitative estimate of drug-likeness (QED) is 0.386. The Kier molecular flexibility index (Phi) is 9.41. The van der Waals surface area contributed by atoms with Crippen molar-refractivity contribution in [1.29, 1.82) is 0 Å². The summed E-state index contributed by atoms with van der Waals surface area (Å²) in [6.45, 7) is 11.5. The number of rotatable bonds is 7. The van der Waals surface area contributed by atoms with Crippen LogP contribution in [0.25, 0.3) is 0 Å². The number of amides is 2. The number of carbonyl (C=O) groups is 3. The van der Waals surface area contributed by atoms with Gasteiger partial charge >= 0.3 is 12.1 Å². The number of anilines is 2. The van der Waals surface area contributed by atoms with Gasteiger partial charge in [0.1, 0.15) is 17.1 Å². The molecule has 3 rings (SSSR count). The SMILES string of the molecule is COC(=O)c1cc(Oc2ccc(NC(=O)OC(C)(C)C)cc2)ccc1N(C(=O)C1CCC(C)CC1)C(C)C. The van der Waals surface area contributed by atoms with Crippen molar-refractivity contribution in [3.63, 3.8) is 0 Å². The fourth-order valence-corrected chi connectivity index (χ4v) is 4.58. The van der Waals surface area contributed by atoms with Crippen LogP contribution in [0.5, 0.6) is 11.5 Å². The average Bonchev–Trinajstić information content (AvgIpc) is 2.84. The van der Waals surface area contributed by atoms with Crippen molar-refractivity contribution in [2.75, 3.05) is 17.3 Å². The predicted octanol–water partition coefficient (Wildman–Crippen LogP) is 7.18. The van der Waals surface area contributed by atoms with Crippen LogP contribution >= 0.6 is 0 Å². The van der Waals surface area contributed by atoms with Crippen LogP contribution in [0.2, 0.25) is 0 Å². The summed E-state index contributed by atoms with van der Waals surface area (Å²) in [5, 5.41) is 2.68. The molecule has 0 aliphatic heterocycles. The van der Waals surface area contributed by atoms with E-state index in [9.17, 15) is 14.4 Å². The monoisotopic (exact) mass is 524 g/mol. The van der Waals surface area contributed by atoms with Gasteiger partial charge in [-0.3, -0.25) is 10.1 Å². The van der Waals surface area contributed by atoms with E-state index in [0.717, 1.165) is 25.7 Å². The molecule has 1 N–H and O–H groups in total. The van der Waals surface area contributed by atoms with Crippen LogP contribution in [0.1, 0.15) is 77.6 Å². The van der Waals surface area contributed by atoms with E-state index in [1.54, 1.807) is 68.1 Å². The van der Waals surface area contributed by atoms with Crippen LogP contribution in [0.15, 0.2) is 42.5 Å². The molecule has 2 aromatic carbocycles. The van der Waals surface area contributed by atoms with Crippen molar-refractivity contribution in [3.8, 4) is 11.5 Å². The Labute approximate surface area is 225 Å². The highest BCUT2D eigenvalue weighted by atomic mass is 16.6. The third kappa shape index (κ3) is 7.73. The molecule has 0 heterocycles. The van der Waals surface area contributed by atoms with Crippen LogP contribution < -0.4 is 15.0 Å². The molecule has 2 aromatic rings. The van der Waals surface area contributed by atoms with Gasteiger partial charge in [0.2, 0.25) is 5.91 Å². The zero-order chi connectivity index (χ0) is 28.0. The Morgan fingerprint density at radius 1 is 0.947 bits per heavy atom. The molecule has 0 atom stereocenters. The van der Waals surface area contributed by atoms with E-state index in [1.165, 1.54) is 7.11 Å². The van der Waals surface area contributed by atoms with Gasteiger partial charge in [0, 0.05) is 17.6 Å². The molecule has 0 aromatic heterocycles. The molecule has 0 bridgehead atoms. The zero-order valence-electron chi connectivity index (χ0n) is 23.5. The van der Waals surface area contributed by atoms with Gasteiger partial charge in [-0.25, -0.2) is 9.59 Å². The first-order valence-electron chi connectivity index (χ1n) is 13.2. The van der Waals surface area contributed by atoms with Gasteiger partial charge in [-0.2, -0.15) is 0 Å². The number of ether oxygens (including phenoxy) is 3. The highest BCUT2D eigenvalue weighted by Gasteiger charge is 2.32. The third-order valence-corrected chi connectivity index (χ3v) is 6.49. The van der Waals surface area contributed by atoms with Crippen LogP contribution in [-0.2, 0) is 14.3 Å². The molecule has 1 aliphatic carbocycles. The molecule has 0 spiro atoms. The molecular formula is C30H40N2O6. The Morgan fingerprint density at radius 2 is 1.55 bits per heavy atom. The number of esters is 1. The molecule has 8 nitrogen and oxygen atoms in total. The minimum Gasteiger partial charge on any atom is -0.465 e. The summed E-state index contributed by atoms with van der Waals surface area (Å²) in [4.78, 5) is 40.1. The van der Waals surface area contributed by atoms with Crippen molar-refractivity contribution in [1.82, 2.24) is 0 Å². The second kappa shape index (κ2) is 12.3. The molecule has 1 fully saturated rings. The molecule has 2 amide bonds. The first kappa shape index (κ1) is 29.0. The maximum Gasteiger partial charge on any atom is 0.412 e. The number of nitrogens with zero attached hydrogens (tertiary/aromatic N) is 1. The summed E-state index contributed by atoms with van der Waals surface area (Å²) < 4.78 is 16.3. The highest BCUT2D eigenvalue weighted by molar-refractivity contribution is 6.04. The van der Waals surface area contributed by atoms with Crippen molar-refractivity contribution >= 4 is 29.3 Å². The maximum atomic E-state index is 13.6. The summed E-state index contributed by atoms with van der Waals surface area (Å²) in [5.74, 6) is 1.01. The highest BCUT2D eigenvalue weighted by Crippen LogP contribution is 2.35. The number of hydrogen-bond donors (Lipinski definition) is 1. The minimum atomic E-state index is -0.596. The zero-order valence-corrected chi connectivity index (χ0v) is 23.5. The van der Waals surface area contributed by atoms with E-state index >= 15 is 0 Å². The third-order valence-electron chi connectivity index (χ3n) is 6.49. The number of nitrogens with one attached hydrogen (secondary N) is 1. The summed E-state index contributed by atoms with van der Waals surface area (Å²) in [7, 11) is 1.32. The van der Waals surface area contributed by atoms with Crippen LogP contribution in [0.4, 0.5) is 16.2 Å². The van der Waals surface area contributed by atoms with Gasteiger partial charge in [-0.15, -0.1) is 0 Å². The Bertz CT molecular complexity index is 1130. The van der Waals surface area contributed by atoms with E-state index in [1.807, 2.05) is 13.8 Å². The molecule has 1 aliphatic rings. The molecule has 0 saturated heterocycles. The van der Waals surface area contributed by atoms with Crippen LogP contribution in [0.3, 0.4) is 0 Å². The van der Waals surface area contributed by atoms with Gasteiger partial charge in [0.25, 0.3) is 0 Å². The fraction of sp³-hybridized carbons (Fsp3) is 0.500. The average molecular weight is 525 g/mol.